The van der Waals surface area contributed by atoms with Gasteiger partial charge in [0.15, 0.2) is 0 Å². The van der Waals surface area contributed by atoms with Crippen LogP contribution in [0.5, 0.6) is 0 Å². The normalized spacial score (nSPS) is 10.9. The number of benzene rings is 2. The average molecular weight is 487 g/mol. The Bertz CT molecular complexity index is 1340. The number of imidazole rings is 1. The van der Waals surface area contributed by atoms with Gasteiger partial charge in [0.2, 0.25) is 0 Å². The number of aromatic nitrogens is 3. The molecule has 36 heavy (non-hydrogen) atoms. The molecule has 0 atom stereocenters. The van der Waals surface area contributed by atoms with Crippen molar-refractivity contribution in [3.8, 4) is 0 Å². The number of esters is 1. The maximum absolute atomic E-state index is 13.5. The van der Waals surface area contributed by atoms with Crippen LogP contribution in [0.3, 0.4) is 0 Å². The molecular weight excluding hydrogens is 456 g/mol. The zero-order valence-electron chi connectivity index (χ0n) is 20.5. The predicted octanol–water partition coefficient (Wildman–Crippen LogP) is 3.64. The summed E-state index contributed by atoms with van der Waals surface area (Å²) >= 11 is 0. The number of nitrogens with one attached hydrogen (secondary N) is 1. The van der Waals surface area contributed by atoms with E-state index in [0.717, 1.165) is 22.6 Å². The summed E-state index contributed by atoms with van der Waals surface area (Å²) in [5.41, 5.74) is 9.81. The van der Waals surface area contributed by atoms with E-state index in [4.69, 9.17) is 15.5 Å². The standard InChI is InChI=1S/C27H30N6O3/c1-3-36-26(34)13-15-33(24-6-4-5-14-29-24)27(35)20-9-12-23-22(16-20)31-25(32(23)2)18-30-21-10-7-19(17-28)8-11-21/h4-12,14,16,30H,3,13,15,17-18,28H2,1-2H3. The van der Waals surface area contributed by atoms with E-state index in [0.29, 0.717) is 36.6 Å². The minimum atomic E-state index is -0.360. The lowest BCUT2D eigenvalue weighted by atomic mass is 10.1. The third-order valence-corrected chi connectivity index (χ3v) is 5.88. The van der Waals surface area contributed by atoms with E-state index in [1.165, 1.54) is 4.90 Å². The molecule has 0 saturated carbocycles. The van der Waals surface area contributed by atoms with Crippen molar-refractivity contribution < 1.29 is 14.3 Å². The van der Waals surface area contributed by atoms with Crippen LogP contribution in [0, 0.1) is 0 Å². The van der Waals surface area contributed by atoms with Gasteiger partial charge in [-0.15, -0.1) is 0 Å². The summed E-state index contributed by atoms with van der Waals surface area (Å²) in [6.45, 7) is 3.24. The number of nitrogens with two attached hydrogens (primary N) is 1. The van der Waals surface area contributed by atoms with Crippen molar-refractivity contribution in [3.63, 3.8) is 0 Å². The van der Waals surface area contributed by atoms with Gasteiger partial charge in [0.25, 0.3) is 5.91 Å². The van der Waals surface area contributed by atoms with Crippen LogP contribution in [-0.4, -0.2) is 39.6 Å². The van der Waals surface area contributed by atoms with E-state index >= 15 is 0 Å². The number of carbonyl (C=O) groups excluding carboxylic acids is 2. The first kappa shape index (κ1) is 24.9. The SMILES string of the molecule is CCOC(=O)CCN(C(=O)c1ccc2c(c1)nc(CNc1ccc(CN)cc1)n2C)c1ccccn1. The molecule has 9 heteroatoms. The molecule has 0 radical (unpaired) electrons. The van der Waals surface area contributed by atoms with Gasteiger partial charge in [-0.2, -0.15) is 0 Å². The molecular formula is C27H30N6O3. The molecule has 2 aromatic heterocycles. The van der Waals surface area contributed by atoms with Gasteiger partial charge in [0.05, 0.1) is 30.6 Å². The van der Waals surface area contributed by atoms with Crippen molar-refractivity contribution >= 4 is 34.4 Å². The summed E-state index contributed by atoms with van der Waals surface area (Å²) in [6, 6.07) is 18.7. The zero-order chi connectivity index (χ0) is 25.5. The fourth-order valence-electron chi connectivity index (χ4n) is 3.91. The highest BCUT2D eigenvalue weighted by atomic mass is 16.5. The van der Waals surface area contributed by atoms with Gasteiger partial charge < -0.3 is 20.4 Å². The fraction of sp³-hybridized carbons (Fsp3) is 0.259. The van der Waals surface area contributed by atoms with Gasteiger partial charge in [0, 0.05) is 37.6 Å². The molecule has 0 aliphatic rings. The van der Waals surface area contributed by atoms with Crippen LogP contribution in [0.15, 0.2) is 66.9 Å². The maximum Gasteiger partial charge on any atom is 0.307 e. The van der Waals surface area contributed by atoms with Gasteiger partial charge in [-0.05, 0) is 55.0 Å². The molecule has 0 fully saturated rings. The van der Waals surface area contributed by atoms with Crippen molar-refractivity contribution in [1.82, 2.24) is 14.5 Å². The van der Waals surface area contributed by atoms with E-state index in [9.17, 15) is 9.59 Å². The van der Waals surface area contributed by atoms with Gasteiger partial charge >= 0.3 is 5.97 Å². The number of nitrogens with zero attached hydrogens (tertiary/aromatic N) is 4. The third-order valence-electron chi connectivity index (χ3n) is 5.88. The lowest BCUT2D eigenvalue weighted by Gasteiger charge is -2.21. The smallest absolute Gasteiger partial charge is 0.307 e. The molecule has 186 valence electrons. The average Bonchev–Trinajstić information content (AvgIpc) is 3.23. The Morgan fingerprint density at radius 1 is 1.11 bits per heavy atom. The largest absolute Gasteiger partial charge is 0.466 e. The molecule has 2 heterocycles. The summed E-state index contributed by atoms with van der Waals surface area (Å²) < 4.78 is 7.03. The number of fused-ring (bicyclic) bond motifs is 1. The first-order valence-electron chi connectivity index (χ1n) is 11.9. The second-order valence-corrected chi connectivity index (χ2v) is 8.24. The number of carbonyl (C=O) groups is 2. The van der Waals surface area contributed by atoms with Gasteiger partial charge in [0.1, 0.15) is 11.6 Å². The first-order valence-corrected chi connectivity index (χ1v) is 11.9. The molecule has 0 unspecified atom stereocenters. The molecule has 2 aromatic carbocycles. The summed E-state index contributed by atoms with van der Waals surface area (Å²) in [6.07, 6.45) is 1.69. The van der Waals surface area contributed by atoms with Crippen LogP contribution in [0.4, 0.5) is 11.5 Å². The fourth-order valence-corrected chi connectivity index (χ4v) is 3.91. The molecule has 3 N–H and O–H groups in total. The van der Waals surface area contributed by atoms with E-state index in [2.05, 4.69) is 10.3 Å². The van der Waals surface area contributed by atoms with Crippen LogP contribution in [0.1, 0.15) is 35.1 Å². The number of pyridine rings is 1. The summed E-state index contributed by atoms with van der Waals surface area (Å²) in [4.78, 5) is 36.0. The Labute approximate surface area is 209 Å². The maximum atomic E-state index is 13.5. The monoisotopic (exact) mass is 486 g/mol. The molecule has 9 nitrogen and oxygen atoms in total. The lowest BCUT2D eigenvalue weighted by molar-refractivity contribution is -0.142. The minimum Gasteiger partial charge on any atom is -0.466 e. The highest BCUT2D eigenvalue weighted by molar-refractivity contribution is 6.07. The molecule has 4 aromatic rings. The van der Waals surface area contributed by atoms with E-state index < -0.39 is 0 Å². The Morgan fingerprint density at radius 3 is 2.61 bits per heavy atom. The first-order chi connectivity index (χ1) is 17.5. The van der Waals surface area contributed by atoms with E-state index in [-0.39, 0.29) is 24.8 Å². The Morgan fingerprint density at radius 2 is 1.92 bits per heavy atom. The van der Waals surface area contributed by atoms with Crippen LogP contribution >= 0.6 is 0 Å². The minimum absolute atomic E-state index is 0.0735. The number of anilines is 2. The Kier molecular flexibility index (Phi) is 7.92. The second-order valence-electron chi connectivity index (χ2n) is 8.24. The van der Waals surface area contributed by atoms with E-state index in [1.807, 2.05) is 41.9 Å². The molecule has 4 rings (SSSR count). The number of amides is 1. The predicted molar refractivity (Wildman–Crippen MR) is 140 cm³/mol. The number of rotatable bonds is 10. The van der Waals surface area contributed by atoms with Crippen molar-refractivity contribution in [3.05, 3.63) is 83.8 Å². The molecule has 0 aliphatic heterocycles. The molecule has 0 spiro atoms. The highest BCUT2D eigenvalue weighted by Crippen LogP contribution is 2.21. The van der Waals surface area contributed by atoms with Gasteiger partial charge in [-0.3, -0.25) is 14.5 Å². The van der Waals surface area contributed by atoms with Crippen molar-refractivity contribution in [2.45, 2.75) is 26.4 Å². The highest BCUT2D eigenvalue weighted by Gasteiger charge is 2.21. The summed E-state index contributed by atoms with van der Waals surface area (Å²) in [5.74, 6) is 0.686. The molecule has 0 saturated heterocycles. The lowest BCUT2D eigenvalue weighted by Crippen LogP contribution is -2.34. The van der Waals surface area contributed by atoms with Crippen molar-refractivity contribution in [2.24, 2.45) is 12.8 Å². The van der Waals surface area contributed by atoms with Crippen molar-refractivity contribution in [2.75, 3.05) is 23.4 Å². The van der Waals surface area contributed by atoms with Crippen LogP contribution < -0.4 is 16.0 Å². The summed E-state index contributed by atoms with van der Waals surface area (Å²) in [7, 11) is 1.95. The summed E-state index contributed by atoms with van der Waals surface area (Å²) in [5, 5.41) is 3.38. The number of hydrogen-bond acceptors (Lipinski definition) is 7. The topological polar surface area (TPSA) is 115 Å². The van der Waals surface area contributed by atoms with Gasteiger partial charge in [-0.1, -0.05) is 18.2 Å². The number of hydrogen-bond donors (Lipinski definition) is 2. The Balaban J connectivity index is 1.55. The molecule has 1 amide bonds. The molecule has 0 aliphatic carbocycles. The van der Waals surface area contributed by atoms with Crippen LogP contribution in [0.25, 0.3) is 11.0 Å². The number of aryl methyl sites for hydroxylation is 1. The number of ether oxygens (including phenoxy) is 1. The van der Waals surface area contributed by atoms with Crippen LogP contribution in [-0.2, 0) is 29.7 Å². The quantitative estimate of drug-likeness (QED) is 0.329. The molecule has 0 bridgehead atoms. The zero-order valence-corrected chi connectivity index (χ0v) is 20.5. The van der Waals surface area contributed by atoms with Crippen molar-refractivity contribution in [1.29, 1.82) is 0 Å². The van der Waals surface area contributed by atoms with E-state index in [1.54, 1.807) is 43.5 Å². The van der Waals surface area contributed by atoms with Crippen LogP contribution in [0.2, 0.25) is 0 Å². The third kappa shape index (κ3) is 5.69. The Hall–Kier alpha value is -4.24. The van der Waals surface area contributed by atoms with Gasteiger partial charge in [-0.25, -0.2) is 9.97 Å². The second kappa shape index (κ2) is 11.5.